The molecule has 0 bridgehead atoms. The van der Waals surface area contributed by atoms with E-state index in [1.165, 1.54) is 0 Å². The van der Waals surface area contributed by atoms with Crippen molar-refractivity contribution in [3.8, 4) is 11.5 Å². The summed E-state index contributed by atoms with van der Waals surface area (Å²) in [5.41, 5.74) is 0.892. The maximum atomic E-state index is 10.4. The largest absolute Gasteiger partial charge is 0.493 e. The smallest absolute Gasteiger partial charge is 0.341 e. The highest BCUT2D eigenvalue weighted by Gasteiger charge is 2.05. The molecule has 0 aliphatic rings. The number of aliphatic carboxylic acids is 1. The van der Waals surface area contributed by atoms with Crippen molar-refractivity contribution in [2.24, 2.45) is 5.92 Å². The molecule has 1 rings (SSSR count). The predicted molar refractivity (Wildman–Crippen MR) is 64.6 cm³/mol. The van der Waals surface area contributed by atoms with Crippen molar-refractivity contribution in [2.45, 2.75) is 20.8 Å². The lowest BCUT2D eigenvalue weighted by Gasteiger charge is -2.12. The van der Waals surface area contributed by atoms with Crippen LogP contribution in [0.25, 0.3) is 0 Å². The van der Waals surface area contributed by atoms with E-state index >= 15 is 0 Å². The maximum absolute atomic E-state index is 10.4. The molecule has 0 aliphatic heterocycles. The molecule has 0 fully saturated rings. The molecule has 0 atom stereocenters. The Kier molecular flexibility index (Phi) is 4.82. The van der Waals surface area contributed by atoms with Gasteiger partial charge in [-0.1, -0.05) is 19.9 Å². The fraction of sp³-hybridized carbons (Fsp3) is 0.462. The molecule has 0 amide bonds. The van der Waals surface area contributed by atoms with Crippen molar-refractivity contribution in [3.05, 3.63) is 23.8 Å². The molecule has 0 saturated carbocycles. The molecule has 0 aromatic heterocycles. The van der Waals surface area contributed by atoms with E-state index in [1.54, 1.807) is 6.07 Å². The number of aryl methyl sites for hydroxylation is 1. The van der Waals surface area contributed by atoms with Crippen molar-refractivity contribution >= 4 is 5.97 Å². The van der Waals surface area contributed by atoms with E-state index in [9.17, 15) is 4.79 Å². The summed E-state index contributed by atoms with van der Waals surface area (Å²) in [7, 11) is 0. The van der Waals surface area contributed by atoms with Gasteiger partial charge in [0.05, 0.1) is 6.61 Å². The predicted octanol–water partition coefficient (Wildman–Crippen LogP) is 2.49. The molecule has 0 spiro atoms. The minimum atomic E-state index is -0.988. The summed E-state index contributed by atoms with van der Waals surface area (Å²) in [6.07, 6.45) is 0. The Morgan fingerprint density at radius 3 is 2.65 bits per heavy atom. The van der Waals surface area contributed by atoms with Crippen molar-refractivity contribution in [2.75, 3.05) is 13.2 Å². The van der Waals surface area contributed by atoms with Crippen LogP contribution in [0, 0.1) is 12.8 Å². The molecule has 0 aliphatic carbocycles. The summed E-state index contributed by atoms with van der Waals surface area (Å²) in [4.78, 5) is 10.4. The first-order valence-electron chi connectivity index (χ1n) is 5.57. The van der Waals surface area contributed by atoms with Crippen LogP contribution in [-0.2, 0) is 4.79 Å². The summed E-state index contributed by atoms with van der Waals surface area (Å²) >= 11 is 0. The van der Waals surface area contributed by atoms with Crippen molar-refractivity contribution in [1.82, 2.24) is 0 Å². The molecule has 0 radical (unpaired) electrons. The number of rotatable bonds is 6. The summed E-state index contributed by atoms with van der Waals surface area (Å²) in [5.74, 6) is 0.705. The van der Waals surface area contributed by atoms with E-state index in [-0.39, 0.29) is 6.61 Å². The van der Waals surface area contributed by atoms with Crippen molar-refractivity contribution in [3.63, 3.8) is 0 Å². The minimum Gasteiger partial charge on any atom is -0.493 e. The fourth-order valence-corrected chi connectivity index (χ4v) is 1.23. The average Bonchev–Trinajstić information content (AvgIpc) is 2.26. The van der Waals surface area contributed by atoms with E-state index in [4.69, 9.17) is 14.6 Å². The van der Waals surface area contributed by atoms with Crippen LogP contribution in [0.3, 0.4) is 0 Å². The maximum Gasteiger partial charge on any atom is 0.341 e. The summed E-state index contributed by atoms with van der Waals surface area (Å²) in [6.45, 7) is 6.28. The third-order valence-corrected chi connectivity index (χ3v) is 2.09. The molecule has 4 heteroatoms. The normalized spacial score (nSPS) is 10.4. The van der Waals surface area contributed by atoms with Crippen LogP contribution in [0.5, 0.6) is 11.5 Å². The van der Waals surface area contributed by atoms with Gasteiger partial charge in [-0.3, -0.25) is 0 Å². The molecule has 4 nitrogen and oxygen atoms in total. The second-order valence-corrected chi connectivity index (χ2v) is 4.31. The van der Waals surface area contributed by atoms with Gasteiger partial charge < -0.3 is 14.6 Å². The van der Waals surface area contributed by atoms with E-state index < -0.39 is 5.97 Å². The second-order valence-electron chi connectivity index (χ2n) is 4.31. The monoisotopic (exact) mass is 238 g/mol. The highest BCUT2D eigenvalue weighted by atomic mass is 16.5. The topological polar surface area (TPSA) is 55.8 Å². The highest BCUT2D eigenvalue weighted by Crippen LogP contribution is 2.24. The third kappa shape index (κ3) is 4.76. The minimum absolute atomic E-state index is 0.339. The Bertz CT molecular complexity index is 385. The van der Waals surface area contributed by atoms with Crippen LogP contribution >= 0.6 is 0 Å². The zero-order chi connectivity index (χ0) is 12.8. The SMILES string of the molecule is Cc1ccc(OCC(C)C)cc1OCC(=O)O. The molecule has 17 heavy (non-hydrogen) atoms. The van der Waals surface area contributed by atoms with E-state index in [0.717, 1.165) is 5.56 Å². The molecule has 1 N–H and O–H groups in total. The van der Waals surface area contributed by atoms with Crippen LogP contribution in [-0.4, -0.2) is 24.3 Å². The molecule has 94 valence electrons. The van der Waals surface area contributed by atoms with E-state index in [0.29, 0.717) is 24.0 Å². The zero-order valence-corrected chi connectivity index (χ0v) is 10.4. The van der Waals surface area contributed by atoms with E-state index in [1.807, 2.05) is 19.1 Å². The van der Waals surface area contributed by atoms with Gasteiger partial charge in [-0.05, 0) is 24.5 Å². The second kappa shape index (κ2) is 6.13. The number of hydrogen-bond donors (Lipinski definition) is 1. The lowest BCUT2D eigenvalue weighted by Crippen LogP contribution is -2.10. The van der Waals surface area contributed by atoms with Gasteiger partial charge in [0.25, 0.3) is 0 Å². The van der Waals surface area contributed by atoms with Crippen LogP contribution in [0.15, 0.2) is 18.2 Å². The number of hydrogen-bond acceptors (Lipinski definition) is 3. The van der Waals surface area contributed by atoms with E-state index in [2.05, 4.69) is 13.8 Å². The summed E-state index contributed by atoms with van der Waals surface area (Å²) in [5, 5.41) is 8.55. The first kappa shape index (κ1) is 13.4. The first-order chi connectivity index (χ1) is 7.99. The zero-order valence-electron chi connectivity index (χ0n) is 10.4. The fourth-order valence-electron chi connectivity index (χ4n) is 1.23. The quantitative estimate of drug-likeness (QED) is 0.827. The van der Waals surface area contributed by atoms with Crippen LogP contribution in [0.2, 0.25) is 0 Å². The summed E-state index contributed by atoms with van der Waals surface area (Å²) in [6, 6.07) is 5.43. The first-order valence-corrected chi connectivity index (χ1v) is 5.57. The highest BCUT2D eigenvalue weighted by molar-refractivity contribution is 5.68. The third-order valence-electron chi connectivity index (χ3n) is 2.09. The number of ether oxygens (including phenoxy) is 2. The lowest BCUT2D eigenvalue weighted by molar-refractivity contribution is -0.139. The summed E-state index contributed by atoms with van der Waals surface area (Å²) < 4.78 is 10.7. The molecule has 1 aromatic carbocycles. The van der Waals surface area contributed by atoms with Gasteiger partial charge in [0.1, 0.15) is 11.5 Å². The Morgan fingerprint density at radius 2 is 2.06 bits per heavy atom. The molecule has 0 heterocycles. The standard InChI is InChI=1S/C13H18O4/c1-9(2)7-16-11-5-4-10(3)12(6-11)17-8-13(14)15/h4-6,9H,7-8H2,1-3H3,(H,14,15). The molecular formula is C13H18O4. The molecule has 0 saturated heterocycles. The van der Waals surface area contributed by atoms with Crippen molar-refractivity contribution < 1.29 is 19.4 Å². The molecular weight excluding hydrogens is 220 g/mol. The Morgan fingerprint density at radius 1 is 1.35 bits per heavy atom. The van der Waals surface area contributed by atoms with Crippen LogP contribution in [0.1, 0.15) is 19.4 Å². The van der Waals surface area contributed by atoms with Crippen LogP contribution in [0.4, 0.5) is 0 Å². The average molecular weight is 238 g/mol. The Balaban J connectivity index is 2.68. The lowest BCUT2D eigenvalue weighted by atomic mass is 10.2. The molecule has 0 unspecified atom stereocenters. The van der Waals surface area contributed by atoms with Crippen molar-refractivity contribution in [1.29, 1.82) is 0 Å². The number of carbonyl (C=O) groups is 1. The van der Waals surface area contributed by atoms with Gasteiger partial charge in [-0.25, -0.2) is 4.79 Å². The van der Waals surface area contributed by atoms with Crippen LogP contribution < -0.4 is 9.47 Å². The van der Waals surface area contributed by atoms with Gasteiger partial charge in [0.2, 0.25) is 0 Å². The van der Waals surface area contributed by atoms with Gasteiger partial charge in [0.15, 0.2) is 6.61 Å². The van der Waals surface area contributed by atoms with Gasteiger partial charge in [-0.15, -0.1) is 0 Å². The van der Waals surface area contributed by atoms with Gasteiger partial charge in [-0.2, -0.15) is 0 Å². The molecule has 1 aromatic rings. The number of benzene rings is 1. The number of carboxylic acids is 1. The Hall–Kier alpha value is -1.71. The Labute approximate surface area is 101 Å². The number of carboxylic acid groups (broad SMARTS) is 1. The van der Waals surface area contributed by atoms with Gasteiger partial charge >= 0.3 is 5.97 Å². The van der Waals surface area contributed by atoms with Gasteiger partial charge in [0, 0.05) is 6.07 Å².